The maximum absolute atomic E-state index is 12.9. The van der Waals surface area contributed by atoms with E-state index in [0.29, 0.717) is 22.0 Å². The van der Waals surface area contributed by atoms with E-state index in [-0.39, 0.29) is 22.9 Å². The molecule has 0 spiro atoms. The molecule has 5 aromatic rings. The van der Waals surface area contributed by atoms with E-state index in [0.717, 1.165) is 28.4 Å². The Kier molecular flexibility index (Phi) is 4.98. The van der Waals surface area contributed by atoms with Gasteiger partial charge in [0.05, 0.1) is 17.1 Å². The number of fused-ring (bicyclic) bond motifs is 3. The number of carbonyl (C=O) groups is 1. The number of H-pyrrole nitrogens is 1. The molecular formula is C22H19N7O2S. The number of nitrogens with one attached hydrogen (secondary N) is 2. The lowest BCUT2D eigenvalue weighted by atomic mass is 10.2. The molecule has 0 aliphatic carbocycles. The van der Waals surface area contributed by atoms with E-state index in [4.69, 9.17) is 0 Å². The summed E-state index contributed by atoms with van der Waals surface area (Å²) in [6, 6.07) is 17.0. The van der Waals surface area contributed by atoms with Gasteiger partial charge in [-0.15, -0.1) is 10.2 Å². The first-order valence-electron chi connectivity index (χ1n) is 9.91. The van der Waals surface area contributed by atoms with Gasteiger partial charge in [-0.25, -0.2) is 9.67 Å². The zero-order chi connectivity index (χ0) is 22.2. The van der Waals surface area contributed by atoms with Gasteiger partial charge >= 0.3 is 0 Å². The van der Waals surface area contributed by atoms with Crippen molar-refractivity contribution in [2.24, 2.45) is 7.05 Å². The van der Waals surface area contributed by atoms with Crippen molar-refractivity contribution in [3.8, 4) is 5.69 Å². The maximum atomic E-state index is 12.9. The van der Waals surface area contributed by atoms with E-state index >= 15 is 0 Å². The topological polar surface area (TPSA) is 110 Å². The smallest absolute Gasteiger partial charge is 0.295 e. The second kappa shape index (κ2) is 7.97. The Morgan fingerprint density at radius 2 is 1.84 bits per heavy atom. The lowest BCUT2D eigenvalue weighted by molar-refractivity contribution is -0.113. The highest BCUT2D eigenvalue weighted by atomic mass is 32.2. The number of anilines is 1. The Balaban J connectivity index is 1.33. The minimum Gasteiger partial charge on any atom is -0.338 e. The molecule has 0 saturated heterocycles. The van der Waals surface area contributed by atoms with Crippen LogP contribution in [0.2, 0.25) is 0 Å². The lowest BCUT2D eigenvalue weighted by Gasteiger charge is -2.07. The fourth-order valence-corrected chi connectivity index (χ4v) is 4.17. The Hall–Kier alpha value is -3.92. The fourth-order valence-electron chi connectivity index (χ4n) is 3.58. The van der Waals surface area contributed by atoms with Crippen LogP contribution in [0.3, 0.4) is 0 Å². The molecule has 10 heteroatoms. The van der Waals surface area contributed by atoms with Gasteiger partial charge in [-0.3, -0.25) is 14.3 Å². The highest BCUT2D eigenvalue weighted by Gasteiger charge is 2.18. The second-order valence-corrected chi connectivity index (χ2v) is 8.18. The van der Waals surface area contributed by atoms with Crippen LogP contribution >= 0.6 is 11.8 Å². The monoisotopic (exact) mass is 445 g/mol. The van der Waals surface area contributed by atoms with Crippen LogP contribution in [0.25, 0.3) is 27.8 Å². The van der Waals surface area contributed by atoms with Crippen LogP contribution in [0, 0.1) is 6.92 Å². The minimum absolute atomic E-state index is 0.0481. The number of aromatic nitrogens is 6. The molecule has 0 aliphatic heterocycles. The predicted octanol–water partition coefficient (Wildman–Crippen LogP) is 3.03. The molecule has 2 N–H and O–H groups in total. The van der Waals surface area contributed by atoms with Crippen molar-refractivity contribution >= 4 is 45.4 Å². The summed E-state index contributed by atoms with van der Waals surface area (Å²) in [5, 5.41) is 12.5. The number of thioether (sulfide) groups is 1. The quantitative estimate of drug-likeness (QED) is 0.402. The average molecular weight is 446 g/mol. The molecule has 0 radical (unpaired) electrons. The number of para-hydroxylation sites is 2. The van der Waals surface area contributed by atoms with Gasteiger partial charge in [0, 0.05) is 18.0 Å². The number of hydrogen-bond acceptors (Lipinski definition) is 6. The van der Waals surface area contributed by atoms with Gasteiger partial charge in [-0.2, -0.15) is 0 Å². The van der Waals surface area contributed by atoms with Gasteiger partial charge in [0.25, 0.3) is 5.56 Å². The normalized spacial score (nSPS) is 11.3. The van der Waals surface area contributed by atoms with Crippen molar-refractivity contribution in [3.05, 3.63) is 70.6 Å². The van der Waals surface area contributed by atoms with E-state index < -0.39 is 0 Å². The van der Waals surface area contributed by atoms with Gasteiger partial charge in [-0.1, -0.05) is 48.2 Å². The number of rotatable bonds is 5. The highest BCUT2D eigenvalue weighted by molar-refractivity contribution is 7.99. The number of carbonyl (C=O) groups excluding carboxylic acids is 1. The molecule has 3 heterocycles. The molecule has 3 aromatic heterocycles. The molecule has 0 atom stereocenters. The van der Waals surface area contributed by atoms with Crippen LogP contribution in [-0.2, 0) is 11.8 Å². The summed E-state index contributed by atoms with van der Waals surface area (Å²) >= 11 is 1.16. The fraction of sp³-hybridized carbons (Fsp3) is 0.136. The maximum Gasteiger partial charge on any atom is 0.295 e. The summed E-state index contributed by atoms with van der Waals surface area (Å²) in [6.45, 7) is 1.79. The SMILES string of the molecule is Cc1c(NC(=O)CSc2nnc3c(n2)[nH]c2ccccc23)c(=O)n(-c2ccccc2)n1C. The molecule has 0 unspecified atom stereocenters. The third-order valence-corrected chi connectivity index (χ3v) is 6.09. The van der Waals surface area contributed by atoms with Crippen molar-refractivity contribution in [1.82, 2.24) is 29.5 Å². The zero-order valence-corrected chi connectivity index (χ0v) is 18.2. The first-order valence-corrected chi connectivity index (χ1v) is 10.9. The first kappa shape index (κ1) is 20.0. The van der Waals surface area contributed by atoms with Crippen LogP contribution in [0.15, 0.2) is 64.5 Å². The van der Waals surface area contributed by atoms with Gasteiger partial charge in [0.2, 0.25) is 11.1 Å². The molecule has 1 amide bonds. The Labute approximate surface area is 186 Å². The van der Waals surface area contributed by atoms with E-state index in [1.807, 2.05) is 54.6 Å². The van der Waals surface area contributed by atoms with Gasteiger partial charge < -0.3 is 10.3 Å². The van der Waals surface area contributed by atoms with Crippen molar-refractivity contribution < 1.29 is 4.79 Å². The second-order valence-electron chi connectivity index (χ2n) is 7.24. The third kappa shape index (κ3) is 3.44. The van der Waals surface area contributed by atoms with Crippen LogP contribution in [-0.4, -0.2) is 41.2 Å². The number of hydrogen-bond donors (Lipinski definition) is 2. The largest absolute Gasteiger partial charge is 0.338 e. The first-order chi connectivity index (χ1) is 15.5. The van der Waals surface area contributed by atoms with Crippen molar-refractivity contribution in [2.45, 2.75) is 12.1 Å². The van der Waals surface area contributed by atoms with Crippen molar-refractivity contribution in [2.75, 3.05) is 11.1 Å². The predicted molar refractivity (Wildman–Crippen MR) is 124 cm³/mol. The van der Waals surface area contributed by atoms with Gasteiger partial charge in [0.15, 0.2) is 5.65 Å². The Morgan fingerprint density at radius 3 is 2.66 bits per heavy atom. The van der Waals surface area contributed by atoms with Gasteiger partial charge in [0.1, 0.15) is 11.2 Å². The number of benzene rings is 2. The highest BCUT2D eigenvalue weighted by Crippen LogP contribution is 2.23. The van der Waals surface area contributed by atoms with E-state index in [1.54, 1.807) is 18.7 Å². The van der Waals surface area contributed by atoms with E-state index in [1.165, 1.54) is 4.68 Å². The molecular weight excluding hydrogens is 426 g/mol. The molecule has 2 aromatic carbocycles. The number of aromatic amines is 1. The molecule has 0 bridgehead atoms. The number of nitrogens with zero attached hydrogens (tertiary/aromatic N) is 5. The van der Waals surface area contributed by atoms with Crippen LogP contribution < -0.4 is 10.9 Å². The van der Waals surface area contributed by atoms with Crippen LogP contribution in [0.4, 0.5) is 5.69 Å². The van der Waals surface area contributed by atoms with E-state index in [2.05, 4.69) is 25.5 Å². The van der Waals surface area contributed by atoms with Gasteiger partial charge in [-0.05, 0) is 25.1 Å². The summed E-state index contributed by atoms with van der Waals surface area (Å²) in [6.07, 6.45) is 0. The molecule has 5 rings (SSSR count). The summed E-state index contributed by atoms with van der Waals surface area (Å²) < 4.78 is 3.24. The summed E-state index contributed by atoms with van der Waals surface area (Å²) in [5.41, 5.74) is 3.60. The zero-order valence-electron chi connectivity index (χ0n) is 17.4. The molecule has 0 fully saturated rings. The third-order valence-electron chi connectivity index (χ3n) is 5.25. The van der Waals surface area contributed by atoms with Crippen LogP contribution in [0.5, 0.6) is 0 Å². The molecule has 0 aliphatic rings. The summed E-state index contributed by atoms with van der Waals surface area (Å²) in [7, 11) is 1.78. The summed E-state index contributed by atoms with van der Waals surface area (Å²) in [4.78, 5) is 33.2. The molecule has 32 heavy (non-hydrogen) atoms. The molecule has 160 valence electrons. The Bertz CT molecular complexity index is 1520. The minimum atomic E-state index is -0.318. The average Bonchev–Trinajstić information content (AvgIpc) is 3.28. The lowest BCUT2D eigenvalue weighted by Crippen LogP contribution is -2.23. The summed E-state index contributed by atoms with van der Waals surface area (Å²) in [5.74, 6) is -0.270. The van der Waals surface area contributed by atoms with E-state index in [9.17, 15) is 9.59 Å². The van der Waals surface area contributed by atoms with Crippen LogP contribution in [0.1, 0.15) is 5.69 Å². The standard InChI is InChI=1S/C22H19N7O2S/c1-13-18(21(31)29(28(13)2)14-8-4-3-5-9-14)24-17(30)12-32-22-25-20-19(26-27-22)15-10-6-7-11-16(15)23-20/h3-11H,12H2,1-2H3,(H,24,30)(H,23,25,27). The van der Waals surface area contributed by atoms with Crippen molar-refractivity contribution in [3.63, 3.8) is 0 Å². The molecule has 0 saturated carbocycles. The van der Waals surface area contributed by atoms with Crippen molar-refractivity contribution in [1.29, 1.82) is 0 Å². The Morgan fingerprint density at radius 1 is 1.09 bits per heavy atom. The molecule has 9 nitrogen and oxygen atoms in total. The number of amides is 1.